The number of hydrogen-bond donors (Lipinski definition) is 1. The van der Waals surface area contributed by atoms with Crippen molar-refractivity contribution in [1.82, 2.24) is 0 Å². The third-order valence-electron chi connectivity index (χ3n) is 4.94. The van der Waals surface area contributed by atoms with Gasteiger partial charge in [-0.2, -0.15) is 0 Å². The molecule has 0 atom stereocenters. The second-order valence-electron chi connectivity index (χ2n) is 7.00. The van der Waals surface area contributed by atoms with Crippen LogP contribution in [0.3, 0.4) is 0 Å². The molecule has 0 unspecified atom stereocenters. The Hall–Kier alpha value is -3.32. The lowest BCUT2D eigenvalue weighted by Crippen LogP contribution is -1.96. The predicted molar refractivity (Wildman–Crippen MR) is 118 cm³/mol. The molecule has 27 heavy (non-hydrogen) atoms. The number of benzene rings is 4. The first-order chi connectivity index (χ1) is 13.2. The van der Waals surface area contributed by atoms with Gasteiger partial charge in [-0.1, -0.05) is 90.5 Å². The summed E-state index contributed by atoms with van der Waals surface area (Å²) in [5, 5.41) is 5.01. The van der Waals surface area contributed by atoms with Crippen LogP contribution in [0.5, 0.6) is 0 Å². The van der Waals surface area contributed by atoms with Gasteiger partial charge in [-0.05, 0) is 58.2 Å². The molecular formula is C26H23N. The summed E-state index contributed by atoms with van der Waals surface area (Å²) in [7, 11) is 0. The van der Waals surface area contributed by atoms with Crippen LogP contribution in [0.2, 0.25) is 0 Å². The molecule has 0 heterocycles. The molecule has 0 aliphatic heterocycles. The zero-order valence-electron chi connectivity index (χ0n) is 15.5. The Bertz CT molecular complexity index is 1160. The van der Waals surface area contributed by atoms with Gasteiger partial charge in [0, 0.05) is 5.70 Å². The predicted octanol–water partition coefficient (Wildman–Crippen LogP) is 6.48. The van der Waals surface area contributed by atoms with Crippen LogP contribution >= 0.6 is 0 Å². The average Bonchev–Trinajstić information content (AvgIpc) is 2.71. The van der Waals surface area contributed by atoms with Crippen LogP contribution in [0, 0.1) is 0 Å². The third kappa shape index (κ3) is 3.93. The number of hydrogen-bond acceptors (Lipinski definition) is 1. The van der Waals surface area contributed by atoms with Gasteiger partial charge < -0.3 is 5.73 Å². The molecule has 0 saturated heterocycles. The number of nitrogens with two attached hydrogens (primary N) is 1. The van der Waals surface area contributed by atoms with Crippen molar-refractivity contribution in [2.75, 3.05) is 0 Å². The summed E-state index contributed by atoms with van der Waals surface area (Å²) < 4.78 is 0. The van der Waals surface area contributed by atoms with Gasteiger partial charge in [0.2, 0.25) is 0 Å². The van der Waals surface area contributed by atoms with E-state index in [2.05, 4.69) is 104 Å². The van der Waals surface area contributed by atoms with Crippen molar-refractivity contribution in [2.45, 2.75) is 13.3 Å². The fourth-order valence-electron chi connectivity index (χ4n) is 3.40. The minimum absolute atomic E-state index is 0.799. The Kier molecular flexibility index (Phi) is 4.76. The van der Waals surface area contributed by atoms with Crippen LogP contribution in [0.4, 0.5) is 0 Å². The molecule has 1 nitrogen and oxygen atoms in total. The molecule has 0 amide bonds. The molecule has 4 aromatic carbocycles. The van der Waals surface area contributed by atoms with Gasteiger partial charge in [0.25, 0.3) is 0 Å². The van der Waals surface area contributed by atoms with Crippen molar-refractivity contribution in [3.05, 3.63) is 114 Å². The molecule has 0 aromatic heterocycles. The van der Waals surface area contributed by atoms with Crippen LogP contribution in [0.25, 0.3) is 27.2 Å². The van der Waals surface area contributed by atoms with E-state index in [1.165, 1.54) is 32.7 Å². The molecule has 4 rings (SSSR count). The number of fused-ring (bicyclic) bond motifs is 2. The Balaban J connectivity index is 1.54. The number of rotatable bonds is 4. The summed E-state index contributed by atoms with van der Waals surface area (Å²) >= 11 is 0. The molecule has 0 aliphatic carbocycles. The Labute approximate surface area is 160 Å². The van der Waals surface area contributed by atoms with E-state index in [-0.39, 0.29) is 0 Å². The van der Waals surface area contributed by atoms with Gasteiger partial charge in [-0.25, -0.2) is 0 Å². The van der Waals surface area contributed by atoms with Crippen LogP contribution in [0.15, 0.2) is 103 Å². The van der Waals surface area contributed by atoms with Crippen molar-refractivity contribution in [3.8, 4) is 0 Å². The molecular weight excluding hydrogens is 326 g/mol. The topological polar surface area (TPSA) is 26.0 Å². The van der Waals surface area contributed by atoms with E-state index in [9.17, 15) is 0 Å². The van der Waals surface area contributed by atoms with Crippen LogP contribution < -0.4 is 5.73 Å². The van der Waals surface area contributed by atoms with Gasteiger partial charge in [0.1, 0.15) is 0 Å². The summed E-state index contributed by atoms with van der Waals surface area (Å²) in [6.07, 6.45) is 5.20. The maximum atomic E-state index is 6.35. The second kappa shape index (κ2) is 7.51. The molecule has 0 radical (unpaired) electrons. The molecule has 0 fully saturated rings. The maximum absolute atomic E-state index is 6.35. The van der Waals surface area contributed by atoms with Crippen LogP contribution in [-0.2, 0) is 6.42 Å². The Morgan fingerprint density at radius 3 is 2.04 bits per heavy atom. The van der Waals surface area contributed by atoms with Crippen molar-refractivity contribution in [2.24, 2.45) is 5.73 Å². The fraction of sp³-hybridized carbons (Fsp3) is 0.0769. The summed E-state index contributed by atoms with van der Waals surface area (Å²) in [6, 6.07) is 29.8. The minimum atomic E-state index is 0.799. The standard InChI is InChI=1S/C26H23N/c1-19(10-11-20-12-13-21-6-2-4-8-23(21)17-20)16-26(27)25-15-14-22-7-3-5-9-24(22)18-25/h2-10,12-18H,11,27H2,1H3/b19-10-,26-16-. The highest BCUT2D eigenvalue weighted by atomic mass is 14.6. The van der Waals surface area contributed by atoms with Gasteiger partial charge in [0.15, 0.2) is 0 Å². The van der Waals surface area contributed by atoms with Gasteiger partial charge in [-0.3, -0.25) is 0 Å². The lowest BCUT2D eigenvalue weighted by molar-refractivity contribution is 1.25. The first kappa shape index (κ1) is 17.1. The zero-order chi connectivity index (χ0) is 18.6. The van der Waals surface area contributed by atoms with Crippen molar-refractivity contribution in [1.29, 1.82) is 0 Å². The molecule has 2 N–H and O–H groups in total. The monoisotopic (exact) mass is 349 g/mol. The fourth-order valence-corrected chi connectivity index (χ4v) is 3.40. The average molecular weight is 349 g/mol. The lowest BCUT2D eigenvalue weighted by atomic mass is 10.0. The lowest BCUT2D eigenvalue weighted by Gasteiger charge is -2.05. The maximum Gasteiger partial charge on any atom is 0.0390 e. The van der Waals surface area contributed by atoms with E-state index < -0.39 is 0 Å². The highest BCUT2D eigenvalue weighted by Crippen LogP contribution is 2.20. The van der Waals surface area contributed by atoms with E-state index >= 15 is 0 Å². The summed E-state index contributed by atoms with van der Waals surface area (Å²) in [4.78, 5) is 0. The van der Waals surface area contributed by atoms with Gasteiger partial charge in [0.05, 0.1) is 0 Å². The van der Waals surface area contributed by atoms with Crippen molar-refractivity contribution in [3.63, 3.8) is 0 Å². The quantitative estimate of drug-likeness (QED) is 0.419. The molecule has 0 saturated carbocycles. The first-order valence-corrected chi connectivity index (χ1v) is 9.30. The summed E-state index contributed by atoms with van der Waals surface area (Å²) in [6.45, 7) is 2.11. The molecule has 132 valence electrons. The number of allylic oxidation sites excluding steroid dienone is 3. The van der Waals surface area contributed by atoms with E-state index in [1.54, 1.807) is 0 Å². The van der Waals surface area contributed by atoms with E-state index in [4.69, 9.17) is 5.73 Å². The highest BCUT2D eigenvalue weighted by molar-refractivity contribution is 5.86. The van der Waals surface area contributed by atoms with Crippen molar-refractivity contribution >= 4 is 27.2 Å². The third-order valence-corrected chi connectivity index (χ3v) is 4.94. The molecule has 1 heteroatoms. The molecule has 4 aromatic rings. The normalized spacial score (nSPS) is 12.6. The highest BCUT2D eigenvalue weighted by Gasteiger charge is 2.00. The van der Waals surface area contributed by atoms with E-state index in [1.807, 2.05) is 0 Å². The summed E-state index contributed by atoms with van der Waals surface area (Å²) in [5.41, 5.74) is 10.7. The molecule has 0 bridgehead atoms. The van der Waals surface area contributed by atoms with Crippen LogP contribution in [0.1, 0.15) is 18.1 Å². The Morgan fingerprint density at radius 1 is 0.741 bits per heavy atom. The van der Waals surface area contributed by atoms with Gasteiger partial charge in [-0.15, -0.1) is 0 Å². The second-order valence-corrected chi connectivity index (χ2v) is 7.00. The largest absolute Gasteiger partial charge is 0.398 e. The van der Waals surface area contributed by atoms with Gasteiger partial charge >= 0.3 is 0 Å². The van der Waals surface area contributed by atoms with Crippen molar-refractivity contribution < 1.29 is 0 Å². The van der Waals surface area contributed by atoms with Crippen LogP contribution in [-0.4, -0.2) is 0 Å². The van der Waals surface area contributed by atoms with E-state index in [0.717, 1.165) is 17.7 Å². The Morgan fingerprint density at radius 2 is 1.33 bits per heavy atom. The SMILES string of the molecule is CC(=C/Cc1ccc2ccccc2c1)/C=C(\N)c1ccc2ccccc2c1. The smallest absolute Gasteiger partial charge is 0.0390 e. The van der Waals surface area contributed by atoms with E-state index in [0.29, 0.717) is 0 Å². The molecule has 0 aliphatic rings. The minimum Gasteiger partial charge on any atom is -0.398 e. The molecule has 0 spiro atoms. The zero-order valence-corrected chi connectivity index (χ0v) is 15.5. The summed E-state index contributed by atoms with van der Waals surface area (Å²) in [5.74, 6) is 0. The first-order valence-electron chi connectivity index (χ1n) is 9.30.